The molecule has 0 amide bonds. The molecule has 0 aliphatic carbocycles. The number of ether oxygens (including phenoxy) is 1. The molecule has 0 saturated heterocycles. The summed E-state index contributed by atoms with van der Waals surface area (Å²) >= 11 is 0. The fourth-order valence-electron chi connectivity index (χ4n) is 1.78. The van der Waals surface area contributed by atoms with Crippen molar-refractivity contribution in [1.82, 2.24) is 4.98 Å². The van der Waals surface area contributed by atoms with E-state index in [-0.39, 0.29) is 0 Å². The lowest BCUT2D eigenvalue weighted by molar-refractivity contribution is -0.686. The minimum Gasteiger partial charge on any atom is -0.496 e. The molecule has 1 heterocycles. The number of nitrogens with zero attached hydrogens (tertiary/aromatic N) is 1. The van der Waals surface area contributed by atoms with Gasteiger partial charge in [0.1, 0.15) is 18.8 Å². The van der Waals surface area contributed by atoms with Crippen LogP contribution in [-0.2, 0) is 13.1 Å². The molecule has 0 unspecified atom stereocenters. The summed E-state index contributed by atoms with van der Waals surface area (Å²) in [6.07, 6.45) is 3.65. The maximum Gasteiger partial charge on any atom is 0.127 e. The van der Waals surface area contributed by atoms with Gasteiger partial charge in [0.05, 0.1) is 7.11 Å². The topological polar surface area (TPSA) is 38.7 Å². The van der Waals surface area contributed by atoms with Crippen molar-refractivity contribution in [1.29, 1.82) is 0 Å². The van der Waals surface area contributed by atoms with Gasteiger partial charge in [-0.3, -0.25) is 4.98 Å². The molecule has 3 nitrogen and oxygen atoms in total. The van der Waals surface area contributed by atoms with E-state index in [1.165, 1.54) is 11.1 Å². The number of aromatic nitrogens is 1. The van der Waals surface area contributed by atoms with Gasteiger partial charge in [0.15, 0.2) is 0 Å². The van der Waals surface area contributed by atoms with E-state index < -0.39 is 0 Å². The SMILES string of the molecule is COc1ccccc1C[NH2+]Cc1ccncc1. The first kappa shape index (κ1) is 11.6. The minimum absolute atomic E-state index is 0.923. The Labute approximate surface area is 101 Å². The number of methoxy groups -OCH3 is 1. The van der Waals surface area contributed by atoms with Crippen molar-refractivity contribution < 1.29 is 10.1 Å². The Bertz CT molecular complexity index is 457. The monoisotopic (exact) mass is 229 g/mol. The third-order valence-electron chi connectivity index (χ3n) is 2.69. The molecule has 1 aromatic carbocycles. The Morgan fingerprint density at radius 3 is 2.59 bits per heavy atom. The molecule has 0 saturated carbocycles. The highest BCUT2D eigenvalue weighted by Gasteiger charge is 2.03. The second kappa shape index (κ2) is 6.01. The lowest BCUT2D eigenvalue weighted by Gasteiger charge is -2.07. The molecule has 17 heavy (non-hydrogen) atoms. The Balaban J connectivity index is 1.90. The second-order valence-corrected chi connectivity index (χ2v) is 3.86. The van der Waals surface area contributed by atoms with E-state index >= 15 is 0 Å². The second-order valence-electron chi connectivity index (χ2n) is 3.86. The maximum atomic E-state index is 5.32. The number of benzene rings is 1. The molecule has 0 radical (unpaired) electrons. The summed E-state index contributed by atoms with van der Waals surface area (Å²) in [5.41, 5.74) is 2.51. The average molecular weight is 229 g/mol. The third kappa shape index (κ3) is 3.29. The highest BCUT2D eigenvalue weighted by atomic mass is 16.5. The molecule has 0 spiro atoms. The number of pyridine rings is 1. The molecule has 0 aliphatic rings. The molecule has 0 atom stereocenters. The molecular weight excluding hydrogens is 212 g/mol. The van der Waals surface area contributed by atoms with Crippen LogP contribution in [0.1, 0.15) is 11.1 Å². The molecule has 0 fully saturated rings. The summed E-state index contributed by atoms with van der Waals surface area (Å²) < 4.78 is 5.32. The predicted octanol–water partition coefficient (Wildman–Crippen LogP) is 1.35. The van der Waals surface area contributed by atoms with Crippen LogP contribution in [0.3, 0.4) is 0 Å². The van der Waals surface area contributed by atoms with Gasteiger partial charge in [-0.05, 0) is 24.3 Å². The number of hydrogen-bond acceptors (Lipinski definition) is 2. The van der Waals surface area contributed by atoms with Gasteiger partial charge in [-0.25, -0.2) is 0 Å². The Hall–Kier alpha value is -1.87. The molecule has 1 aromatic heterocycles. The minimum atomic E-state index is 0.923. The van der Waals surface area contributed by atoms with Crippen molar-refractivity contribution in [2.24, 2.45) is 0 Å². The van der Waals surface area contributed by atoms with Crippen molar-refractivity contribution in [3.63, 3.8) is 0 Å². The van der Waals surface area contributed by atoms with Crippen LogP contribution in [0.15, 0.2) is 48.8 Å². The van der Waals surface area contributed by atoms with Gasteiger partial charge in [-0.2, -0.15) is 0 Å². The fraction of sp³-hybridized carbons (Fsp3) is 0.214. The van der Waals surface area contributed by atoms with Crippen LogP contribution in [0.5, 0.6) is 5.75 Å². The standard InChI is InChI=1S/C14H16N2O/c1-17-14-5-3-2-4-13(14)11-16-10-12-6-8-15-9-7-12/h2-9,16H,10-11H2,1H3/p+1. The van der Waals surface area contributed by atoms with Crippen molar-refractivity contribution in [2.75, 3.05) is 7.11 Å². The molecule has 0 aliphatic heterocycles. The first-order valence-electron chi connectivity index (χ1n) is 5.72. The van der Waals surface area contributed by atoms with Crippen molar-refractivity contribution >= 4 is 0 Å². The van der Waals surface area contributed by atoms with E-state index in [0.29, 0.717) is 0 Å². The van der Waals surface area contributed by atoms with Crippen molar-refractivity contribution in [3.05, 3.63) is 59.9 Å². The molecule has 2 rings (SSSR count). The van der Waals surface area contributed by atoms with Crippen LogP contribution < -0.4 is 10.1 Å². The summed E-state index contributed by atoms with van der Waals surface area (Å²) in [5.74, 6) is 0.957. The Kier molecular flexibility index (Phi) is 4.11. The van der Waals surface area contributed by atoms with Gasteiger partial charge in [-0.15, -0.1) is 0 Å². The van der Waals surface area contributed by atoms with Crippen LogP contribution in [0, 0.1) is 0 Å². The third-order valence-corrected chi connectivity index (χ3v) is 2.69. The average Bonchev–Trinajstić information content (AvgIpc) is 2.40. The number of nitrogens with two attached hydrogens (primary N) is 1. The van der Waals surface area contributed by atoms with Gasteiger partial charge < -0.3 is 10.1 Å². The fourth-order valence-corrected chi connectivity index (χ4v) is 1.78. The van der Waals surface area contributed by atoms with Gasteiger partial charge in [-0.1, -0.05) is 12.1 Å². The van der Waals surface area contributed by atoms with Crippen LogP contribution in [0.2, 0.25) is 0 Å². The number of quaternary nitrogens is 1. The lowest BCUT2D eigenvalue weighted by atomic mass is 10.2. The number of rotatable bonds is 5. The first-order chi connectivity index (χ1) is 8.40. The summed E-state index contributed by atoms with van der Waals surface area (Å²) in [5, 5.41) is 2.26. The maximum absolute atomic E-state index is 5.32. The Morgan fingerprint density at radius 1 is 1.06 bits per heavy atom. The van der Waals surface area contributed by atoms with E-state index in [2.05, 4.69) is 16.4 Å². The van der Waals surface area contributed by atoms with E-state index in [0.717, 1.165) is 18.8 Å². The lowest BCUT2D eigenvalue weighted by Crippen LogP contribution is -2.80. The number of para-hydroxylation sites is 1. The molecule has 88 valence electrons. The summed E-state index contributed by atoms with van der Waals surface area (Å²) in [7, 11) is 1.71. The van der Waals surface area contributed by atoms with Crippen LogP contribution in [0.25, 0.3) is 0 Å². The van der Waals surface area contributed by atoms with Gasteiger partial charge in [0, 0.05) is 23.5 Å². The van der Waals surface area contributed by atoms with Crippen molar-refractivity contribution in [3.8, 4) is 5.75 Å². The first-order valence-corrected chi connectivity index (χ1v) is 5.72. The van der Waals surface area contributed by atoms with Crippen LogP contribution >= 0.6 is 0 Å². The highest BCUT2D eigenvalue weighted by Crippen LogP contribution is 2.15. The summed E-state index contributed by atoms with van der Waals surface area (Å²) in [6.45, 7) is 1.88. The van der Waals surface area contributed by atoms with Gasteiger partial charge >= 0.3 is 0 Å². The summed E-state index contributed by atoms with van der Waals surface area (Å²) in [4.78, 5) is 4.01. The zero-order valence-corrected chi connectivity index (χ0v) is 9.97. The smallest absolute Gasteiger partial charge is 0.127 e. The van der Waals surface area contributed by atoms with Crippen LogP contribution in [0.4, 0.5) is 0 Å². The molecule has 3 heteroatoms. The zero-order chi connectivity index (χ0) is 11.9. The normalized spacial score (nSPS) is 10.2. The zero-order valence-electron chi connectivity index (χ0n) is 9.97. The van der Waals surface area contributed by atoms with E-state index in [1.807, 2.05) is 42.7 Å². The molecule has 2 N–H and O–H groups in total. The van der Waals surface area contributed by atoms with Crippen molar-refractivity contribution in [2.45, 2.75) is 13.1 Å². The highest BCUT2D eigenvalue weighted by molar-refractivity contribution is 5.32. The Morgan fingerprint density at radius 2 is 1.82 bits per heavy atom. The van der Waals surface area contributed by atoms with E-state index in [4.69, 9.17) is 4.74 Å². The van der Waals surface area contributed by atoms with E-state index in [9.17, 15) is 0 Å². The van der Waals surface area contributed by atoms with Crippen LogP contribution in [-0.4, -0.2) is 12.1 Å². The van der Waals surface area contributed by atoms with Gasteiger partial charge in [0.2, 0.25) is 0 Å². The predicted molar refractivity (Wildman–Crippen MR) is 66.6 cm³/mol. The largest absolute Gasteiger partial charge is 0.496 e. The van der Waals surface area contributed by atoms with Gasteiger partial charge in [0.25, 0.3) is 0 Å². The molecule has 0 bridgehead atoms. The molecule has 2 aromatic rings. The quantitative estimate of drug-likeness (QED) is 0.840. The summed E-state index contributed by atoms with van der Waals surface area (Å²) in [6, 6.07) is 12.2. The molecular formula is C14H17N2O+. The number of hydrogen-bond donors (Lipinski definition) is 1. The van der Waals surface area contributed by atoms with E-state index in [1.54, 1.807) is 7.11 Å².